The SMILES string of the molecule is COC(=O)CC1CCCCN1C(=O)c1c[nH]c(=O)cn1. The molecule has 1 fully saturated rings. The number of ether oxygens (including phenoxy) is 1. The van der Waals surface area contributed by atoms with Gasteiger partial charge in [0.15, 0.2) is 0 Å². The minimum Gasteiger partial charge on any atom is -0.469 e. The molecule has 20 heavy (non-hydrogen) atoms. The molecule has 0 spiro atoms. The summed E-state index contributed by atoms with van der Waals surface area (Å²) in [5.41, 5.74) is -0.173. The van der Waals surface area contributed by atoms with Crippen LogP contribution in [-0.2, 0) is 9.53 Å². The number of nitrogens with one attached hydrogen (secondary N) is 1. The molecular formula is C13H17N3O4. The first-order valence-electron chi connectivity index (χ1n) is 6.54. The number of esters is 1. The third-order valence-corrected chi connectivity index (χ3v) is 3.41. The highest BCUT2D eigenvalue weighted by Crippen LogP contribution is 2.21. The van der Waals surface area contributed by atoms with Gasteiger partial charge in [-0.05, 0) is 19.3 Å². The Morgan fingerprint density at radius 1 is 1.50 bits per heavy atom. The van der Waals surface area contributed by atoms with Gasteiger partial charge in [0.25, 0.3) is 11.5 Å². The van der Waals surface area contributed by atoms with Gasteiger partial charge in [0.2, 0.25) is 0 Å². The Morgan fingerprint density at radius 3 is 2.95 bits per heavy atom. The maximum atomic E-state index is 12.4. The van der Waals surface area contributed by atoms with Crippen LogP contribution in [-0.4, -0.2) is 46.4 Å². The summed E-state index contributed by atoms with van der Waals surface area (Å²) in [6, 6.07) is -0.169. The van der Waals surface area contributed by atoms with Gasteiger partial charge in [-0.2, -0.15) is 0 Å². The Kier molecular flexibility index (Phi) is 4.49. The molecule has 0 radical (unpaired) electrons. The number of likely N-dealkylation sites (tertiary alicyclic amines) is 1. The van der Waals surface area contributed by atoms with Crippen molar-refractivity contribution in [1.29, 1.82) is 0 Å². The van der Waals surface area contributed by atoms with Gasteiger partial charge in [-0.1, -0.05) is 0 Å². The molecule has 7 heteroatoms. The van der Waals surface area contributed by atoms with Crippen LogP contribution in [0, 0.1) is 0 Å². The number of methoxy groups -OCH3 is 1. The van der Waals surface area contributed by atoms with Gasteiger partial charge in [-0.3, -0.25) is 14.4 Å². The molecule has 1 aromatic rings. The van der Waals surface area contributed by atoms with Crippen molar-refractivity contribution in [1.82, 2.24) is 14.9 Å². The average molecular weight is 279 g/mol. The molecule has 1 aliphatic heterocycles. The van der Waals surface area contributed by atoms with Crippen molar-refractivity contribution in [2.75, 3.05) is 13.7 Å². The lowest BCUT2D eigenvalue weighted by Crippen LogP contribution is -2.45. The molecule has 1 atom stereocenters. The first kappa shape index (κ1) is 14.2. The van der Waals surface area contributed by atoms with Gasteiger partial charge in [0.05, 0.1) is 19.7 Å². The van der Waals surface area contributed by atoms with E-state index in [9.17, 15) is 14.4 Å². The monoisotopic (exact) mass is 279 g/mol. The number of aromatic nitrogens is 2. The molecule has 1 N–H and O–H groups in total. The molecule has 2 rings (SSSR count). The summed E-state index contributed by atoms with van der Waals surface area (Å²) >= 11 is 0. The second-order valence-electron chi connectivity index (χ2n) is 4.72. The number of nitrogens with zero attached hydrogens (tertiary/aromatic N) is 2. The molecule has 1 amide bonds. The zero-order valence-electron chi connectivity index (χ0n) is 11.3. The minimum absolute atomic E-state index is 0.169. The maximum absolute atomic E-state index is 12.4. The maximum Gasteiger partial charge on any atom is 0.307 e. The van der Waals surface area contributed by atoms with Crippen molar-refractivity contribution in [3.8, 4) is 0 Å². The summed E-state index contributed by atoms with van der Waals surface area (Å²) in [5.74, 6) is -0.598. The van der Waals surface area contributed by atoms with Gasteiger partial charge >= 0.3 is 5.97 Å². The fourth-order valence-corrected chi connectivity index (χ4v) is 2.36. The van der Waals surface area contributed by atoms with Crippen molar-refractivity contribution in [2.24, 2.45) is 0 Å². The fourth-order valence-electron chi connectivity index (χ4n) is 2.36. The lowest BCUT2D eigenvalue weighted by molar-refractivity contribution is -0.142. The van der Waals surface area contributed by atoms with E-state index in [0.29, 0.717) is 6.54 Å². The zero-order valence-corrected chi connectivity index (χ0v) is 11.3. The smallest absolute Gasteiger partial charge is 0.307 e. The van der Waals surface area contributed by atoms with E-state index < -0.39 is 0 Å². The predicted octanol–water partition coefficient (Wildman–Crippen LogP) is 0.328. The van der Waals surface area contributed by atoms with E-state index >= 15 is 0 Å². The summed E-state index contributed by atoms with van der Waals surface area (Å²) in [5, 5.41) is 0. The van der Waals surface area contributed by atoms with E-state index in [-0.39, 0.29) is 35.6 Å². The number of H-pyrrole nitrogens is 1. The lowest BCUT2D eigenvalue weighted by Gasteiger charge is -2.34. The van der Waals surface area contributed by atoms with E-state index in [2.05, 4.69) is 14.7 Å². The van der Waals surface area contributed by atoms with Crippen molar-refractivity contribution < 1.29 is 14.3 Å². The van der Waals surface area contributed by atoms with E-state index in [4.69, 9.17) is 0 Å². The molecule has 7 nitrogen and oxygen atoms in total. The minimum atomic E-state index is -0.355. The molecule has 1 unspecified atom stereocenters. The van der Waals surface area contributed by atoms with Crippen LogP contribution in [0.1, 0.15) is 36.2 Å². The first-order chi connectivity index (χ1) is 9.61. The average Bonchev–Trinajstić information content (AvgIpc) is 2.48. The van der Waals surface area contributed by atoms with E-state index in [1.54, 1.807) is 4.90 Å². The number of amides is 1. The van der Waals surface area contributed by atoms with Gasteiger partial charge in [0, 0.05) is 18.8 Å². The highest BCUT2D eigenvalue weighted by molar-refractivity contribution is 5.92. The predicted molar refractivity (Wildman–Crippen MR) is 70.2 cm³/mol. The normalized spacial score (nSPS) is 18.6. The van der Waals surface area contributed by atoms with Crippen LogP contribution in [0.3, 0.4) is 0 Å². The standard InChI is InChI=1S/C13H17N3O4/c1-20-12(18)6-9-4-2-3-5-16(9)13(19)10-7-15-11(17)8-14-10/h7-9H,2-6H2,1H3,(H,15,17). The summed E-state index contributed by atoms with van der Waals surface area (Å²) < 4.78 is 4.66. The number of rotatable bonds is 3. The molecule has 1 aromatic heterocycles. The third-order valence-electron chi connectivity index (χ3n) is 3.41. The Morgan fingerprint density at radius 2 is 2.30 bits per heavy atom. The summed E-state index contributed by atoms with van der Waals surface area (Å²) in [7, 11) is 1.33. The summed E-state index contributed by atoms with van der Waals surface area (Å²) in [4.78, 5) is 42.7. The van der Waals surface area contributed by atoms with Crippen LogP contribution in [0.15, 0.2) is 17.2 Å². The number of hydrogen-bond acceptors (Lipinski definition) is 5. The molecule has 108 valence electrons. The largest absolute Gasteiger partial charge is 0.469 e. The van der Waals surface area contributed by atoms with Crippen LogP contribution in [0.25, 0.3) is 0 Å². The molecular weight excluding hydrogens is 262 g/mol. The third kappa shape index (κ3) is 3.23. The van der Waals surface area contributed by atoms with E-state index in [1.165, 1.54) is 13.3 Å². The zero-order chi connectivity index (χ0) is 14.5. The van der Waals surface area contributed by atoms with E-state index in [0.717, 1.165) is 25.5 Å². The van der Waals surface area contributed by atoms with Crippen LogP contribution in [0.4, 0.5) is 0 Å². The van der Waals surface area contributed by atoms with Crippen molar-refractivity contribution >= 4 is 11.9 Å². The van der Waals surface area contributed by atoms with Gasteiger partial charge in [-0.15, -0.1) is 0 Å². The Hall–Kier alpha value is -2.18. The molecule has 0 bridgehead atoms. The number of piperidine rings is 1. The van der Waals surface area contributed by atoms with Gasteiger partial charge in [0.1, 0.15) is 5.69 Å². The highest BCUT2D eigenvalue weighted by Gasteiger charge is 2.30. The highest BCUT2D eigenvalue weighted by atomic mass is 16.5. The Labute approximate surface area is 116 Å². The van der Waals surface area contributed by atoms with Crippen LogP contribution >= 0.6 is 0 Å². The Bertz CT molecular complexity index is 534. The first-order valence-corrected chi connectivity index (χ1v) is 6.54. The summed E-state index contributed by atoms with van der Waals surface area (Å²) in [6.07, 6.45) is 5.20. The molecule has 0 aliphatic carbocycles. The molecule has 0 aromatic carbocycles. The topological polar surface area (TPSA) is 92.4 Å². The van der Waals surface area contributed by atoms with Gasteiger partial charge < -0.3 is 14.6 Å². The van der Waals surface area contributed by atoms with Gasteiger partial charge in [-0.25, -0.2) is 4.98 Å². The second-order valence-corrected chi connectivity index (χ2v) is 4.72. The lowest BCUT2D eigenvalue weighted by atomic mass is 9.99. The molecule has 0 saturated carbocycles. The Balaban J connectivity index is 2.14. The molecule has 2 heterocycles. The number of aromatic amines is 1. The second kappa shape index (κ2) is 6.31. The van der Waals surface area contributed by atoms with Crippen LogP contribution in [0.2, 0.25) is 0 Å². The van der Waals surface area contributed by atoms with Crippen LogP contribution < -0.4 is 5.56 Å². The fraction of sp³-hybridized carbons (Fsp3) is 0.538. The van der Waals surface area contributed by atoms with Crippen LogP contribution in [0.5, 0.6) is 0 Å². The van der Waals surface area contributed by atoms with E-state index in [1.807, 2.05) is 0 Å². The van der Waals surface area contributed by atoms with Crippen molar-refractivity contribution in [2.45, 2.75) is 31.7 Å². The number of carbonyl (C=O) groups excluding carboxylic acids is 2. The van der Waals surface area contributed by atoms with Crippen molar-refractivity contribution in [3.05, 3.63) is 28.4 Å². The number of hydrogen-bond donors (Lipinski definition) is 1. The summed E-state index contributed by atoms with van der Waals surface area (Å²) in [6.45, 7) is 0.585. The molecule has 1 saturated heterocycles. The molecule has 1 aliphatic rings. The quantitative estimate of drug-likeness (QED) is 0.805. The number of carbonyl (C=O) groups is 2. The van der Waals surface area contributed by atoms with Crippen molar-refractivity contribution in [3.63, 3.8) is 0 Å².